The number of carboxylic acids is 1. The summed E-state index contributed by atoms with van der Waals surface area (Å²) in [6, 6.07) is 10.1. The van der Waals surface area contributed by atoms with Gasteiger partial charge >= 0.3 is 12.1 Å². The maximum Gasteiger partial charge on any atom is 0.410 e. The van der Waals surface area contributed by atoms with Crippen molar-refractivity contribution < 1.29 is 19.4 Å². The van der Waals surface area contributed by atoms with Crippen molar-refractivity contribution in [3.05, 3.63) is 35.9 Å². The SMILES string of the molecule is CC(C)(C)OC(=O)N1CCCC2(CN(Cc3ccccc3)CC2C(=O)O)C1. The van der Waals surface area contributed by atoms with Crippen molar-refractivity contribution in [2.45, 2.75) is 45.8 Å². The monoisotopic (exact) mass is 374 g/mol. The lowest BCUT2D eigenvalue weighted by Crippen LogP contribution is -2.52. The lowest BCUT2D eigenvalue weighted by Gasteiger charge is -2.42. The van der Waals surface area contributed by atoms with Gasteiger partial charge in [-0.25, -0.2) is 4.79 Å². The van der Waals surface area contributed by atoms with Crippen LogP contribution >= 0.6 is 0 Å². The zero-order valence-electron chi connectivity index (χ0n) is 16.5. The molecule has 1 amide bonds. The van der Waals surface area contributed by atoms with Crippen LogP contribution in [-0.4, -0.2) is 58.7 Å². The molecular formula is C21H30N2O4. The van der Waals surface area contributed by atoms with E-state index in [0.29, 0.717) is 26.2 Å². The van der Waals surface area contributed by atoms with Crippen LogP contribution < -0.4 is 0 Å². The third-order valence-corrected chi connectivity index (χ3v) is 5.53. The van der Waals surface area contributed by atoms with Gasteiger partial charge in [0, 0.05) is 38.1 Å². The molecule has 6 heteroatoms. The molecule has 27 heavy (non-hydrogen) atoms. The number of nitrogens with zero attached hydrogens (tertiary/aromatic N) is 2. The van der Waals surface area contributed by atoms with Gasteiger partial charge in [-0.15, -0.1) is 0 Å². The number of carboxylic acid groups (broad SMARTS) is 1. The second-order valence-corrected chi connectivity index (χ2v) is 8.91. The lowest BCUT2D eigenvalue weighted by atomic mass is 9.72. The Morgan fingerprint density at radius 3 is 2.56 bits per heavy atom. The van der Waals surface area contributed by atoms with Gasteiger partial charge in [-0.05, 0) is 39.2 Å². The summed E-state index contributed by atoms with van der Waals surface area (Å²) in [6.07, 6.45) is 1.30. The minimum absolute atomic E-state index is 0.341. The Morgan fingerprint density at radius 2 is 1.93 bits per heavy atom. The standard InChI is InChI=1S/C21H30N2O4/c1-20(2,3)27-19(26)23-11-7-10-21(15-23)14-22(13-17(21)18(24)25)12-16-8-5-4-6-9-16/h4-6,8-9,17H,7,10-15H2,1-3H3,(H,24,25). The molecule has 2 aliphatic rings. The molecule has 3 rings (SSSR count). The first-order valence-electron chi connectivity index (χ1n) is 9.66. The molecule has 6 nitrogen and oxygen atoms in total. The zero-order chi connectivity index (χ0) is 19.7. The van der Waals surface area contributed by atoms with Crippen molar-refractivity contribution in [2.75, 3.05) is 26.2 Å². The molecule has 1 spiro atoms. The zero-order valence-corrected chi connectivity index (χ0v) is 16.5. The molecule has 0 aliphatic carbocycles. The van der Waals surface area contributed by atoms with Gasteiger partial charge in [0.05, 0.1) is 5.92 Å². The average Bonchev–Trinajstić information content (AvgIpc) is 2.92. The van der Waals surface area contributed by atoms with E-state index in [2.05, 4.69) is 17.0 Å². The van der Waals surface area contributed by atoms with Crippen molar-refractivity contribution in [2.24, 2.45) is 11.3 Å². The number of rotatable bonds is 3. The number of carbonyl (C=O) groups is 2. The van der Waals surface area contributed by atoms with E-state index < -0.39 is 22.9 Å². The molecule has 1 aromatic rings. The molecule has 148 valence electrons. The van der Waals surface area contributed by atoms with Crippen LogP contribution in [-0.2, 0) is 16.1 Å². The summed E-state index contributed by atoms with van der Waals surface area (Å²) in [5.41, 5.74) is 0.220. The number of ether oxygens (including phenoxy) is 1. The summed E-state index contributed by atoms with van der Waals surface area (Å²) >= 11 is 0. The quantitative estimate of drug-likeness (QED) is 0.880. The smallest absolute Gasteiger partial charge is 0.410 e. The predicted molar refractivity (Wildman–Crippen MR) is 102 cm³/mol. The Labute approximate surface area is 161 Å². The molecular weight excluding hydrogens is 344 g/mol. The van der Waals surface area contributed by atoms with E-state index in [1.54, 1.807) is 4.90 Å². The minimum atomic E-state index is -0.767. The Kier molecular flexibility index (Phi) is 5.47. The number of likely N-dealkylation sites (tertiary alicyclic amines) is 2. The molecule has 2 saturated heterocycles. The van der Waals surface area contributed by atoms with E-state index >= 15 is 0 Å². The summed E-state index contributed by atoms with van der Waals surface area (Å²) in [4.78, 5) is 28.5. The second-order valence-electron chi connectivity index (χ2n) is 8.91. The summed E-state index contributed by atoms with van der Waals surface area (Å²) in [7, 11) is 0. The first-order chi connectivity index (χ1) is 12.7. The molecule has 0 bridgehead atoms. The lowest BCUT2D eigenvalue weighted by molar-refractivity contribution is -0.146. The van der Waals surface area contributed by atoms with Crippen molar-refractivity contribution in [1.29, 1.82) is 0 Å². The van der Waals surface area contributed by atoms with Crippen LogP contribution in [0, 0.1) is 11.3 Å². The third kappa shape index (κ3) is 4.61. The van der Waals surface area contributed by atoms with Crippen LogP contribution in [0.5, 0.6) is 0 Å². The van der Waals surface area contributed by atoms with E-state index in [9.17, 15) is 14.7 Å². The largest absolute Gasteiger partial charge is 0.481 e. The fourth-order valence-electron chi connectivity index (χ4n) is 4.43. The molecule has 2 unspecified atom stereocenters. The molecule has 0 radical (unpaired) electrons. The van der Waals surface area contributed by atoms with Crippen LogP contribution in [0.4, 0.5) is 4.79 Å². The number of hydrogen-bond donors (Lipinski definition) is 1. The highest BCUT2D eigenvalue weighted by molar-refractivity contribution is 5.73. The van der Waals surface area contributed by atoms with E-state index in [0.717, 1.165) is 19.4 Å². The van der Waals surface area contributed by atoms with Crippen molar-refractivity contribution in [3.8, 4) is 0 Å². The Hall–Kier alpha value is -2.08. The van der Waals surface area contributed by atoms with E-state index in [4.69, 9.17) is 4.74 Å². The molecule has 1 aromatic carbocycles. The van der Waals surface area contributed by atoms with Gasteiger partial charge in [-0.1, -0.05) is 30.3 Å². The van der Waals surface area contributed by atoms with E-state index in [1.165, 1.54) is 5.56 Å². The van der Waals surface area contributed by atoms with Gasteiger partial charge in [0.2, 0.25) is 0 Å². The van der Waals surface area contributed by atoms with Gasteiger partial charge in [-0.3, -0.25) is 9.69 Å². The number of aliphatic carboxylic acids is 1. The van der Waals surface area contributed by atoms with Gasteiger partial charge in [0.25, 0.3) is 0 Å². The van der Waals surface area contributed by atoms with Crippen LogP contribution in [0.25, 0.3) is 0 Å². The van der Waals surface area contributed by atoms with Crippen LogP contribution in [0.15, 0.2) is 30.3 Å². The molecule has 2 heterocycles. The second kappa shape index (κ2) is 7.50. The van der Waals surface area contributed by atoms with Crippen LogP contribution in [0.1, 0.15) is 39.2 Å². The maximum atomic E-state index is 12.5. The van der Waals surface area contributed by atoms with Crippen LogP contribution in [0.2, 0.25) is 0 Å². The van der Waals surface area contributed by atoms with Crippen molar-refractivity contribution in [3.63, 3.8) is 0 Å². The molecule has 2 atom stereocenters. The number of benzene rings is 1. The van der Waals surface area contributed by atoms with Gasteiger partial charge < -0.3 is 14.7 Å². The fraction of sp³-hybridized carbons (Fsp3) is 0.619. The first-order valence-corrected chi connectivity index (χ1v) is 9.66. The molecule has 0 aromatic heterocycles. The van der Waals surface area contributed by atoms with Crippen molar-refractivity contribution in [1.82, 2.24) is 9.80 Å². The van der Waals surface area contributed by atoms with Gasteiger partial charge in [-0.2, -0.15) is 0 Å². The molecule has 2 aliphatic heterocycles. The van der Waals surface area contributed by atoms with Gasteiger partial charge in [0.1, 0.15) is 5.60 Å². The Morgan fingerprint density at radius 1 is 1.22 bits per heavy atom. The highest BCUT2D eigenvalue weighted by Crippen LogP contribution is 2.44. The molecule has 1 N–H and O–H groups in total. The molecule has 0 saturated carbocycles. The fourth-order valence-corrected chi connectivity index (χ4v) is 4.43. The van der Waals surface area contributed by atoms with Crippen LogP contribution in [0.3, 0.4) is 0 Å². The minimum Gasteiger partial charge on any atom is -0.481 e. The average molecular weight is 374 g/mol. The summed E-state index contributed by atoms with van der Waals surface area (Å²) in [6.45, 7) is 8.57. The number of carbonyl (C=O) groups excluding carboxylic acids is 1. The topological polar surface area (TPSA) is 70.1 Å². The van der Waals surface area contributed by atoms with Gasteiger partial charge in [0.15, 0.2) is 0 Å². The number of hydrogen-bond acceptors (Lipinski definition) is 4. The maximum absolute atomic E-state index is 12.5. The van der Waals surface area contributed by atoms with Crippen molar-refractivity contribution >= 4 is 12.1 Å². The molecule has 2 fully saturated rings. The highest BCUT2D eigenvalue weighted by atomic mass is 16.6. The number of amides is 1. The summed E-state index contributed by atoms with van der Waals surface area (Å²) in [5.74, 6) is -1.23. The Bertz CT molecular complexity index is 685. The highest BCUT2D eigenvalue weighted by Gasteiger charge is 2.52. The summed E-state index contributed by atoms with van der Waals surface area (Å²) in [5, 5.41) is 9.86. The van der Waals surface area contributed by atoms with E-state index in [-0.39, 0.29) is 6.09 Å². The predicted octanol–water partition coefficient (Wildman–Crippen LogP) is 3.22. The normalized spacial score (nSPS) is 26.3. The number of piperidine rings is 1. The summed E-state index contributed by atoms with van der Waals surface area (Å²) < 4.78 is 5.52. The Balaban J connectivity index is 1.75. The first kappa shape index (κ1) is 19.7. The van der Waals surface area contributed by atoms with E-state index in [1.807, 2.05) is 39.0 Å². The third-order valence-electron chi connectivity index (χ3n) is 5.53.